The average molecular weight is 228 g/mol. The van der Waals surface area contributed by atoms with Crippen molar-refractivity contribution in [3.8, 4) is 0 Å². The third-order valence-electron chi connectivity index (χ3n) is 3.48. The summed E-state index contributed by atoms with van der Waals surface area (Å²) in [5.41, 5.74) is 8.58. The van der Waals surface area contributed by atoms with Gasteiger partial charge in [-0.15, -0.1) is 0 Å². The Hall–Kier alpha value is -0.600. The summed E-state index contributed by atoms with van der Waals surface area (Å²) < 4.78 is 13.5. The van der Waals surface area contributed by atoms with Crippen LogP contribution in [-0.4, -0.2) is 0 Å². The fourth-order valence-electron chi connectivity index (χ4n) is 2.24. The Morgan fingerprint density at radius 1 is 1.40 bits per heavy atom. The standard InChI is InChI=1S/C12H15ClFN/c1-7-6-9(14)11(13)10(8(7)2)12(15)4-3-5-12/h6H,3-5,15H2,1-2H3. The Kier molecular flexibility index (Phi) is 2.52. The Morgan fingerprint density at radius 2 is 2.00 bits per heavy atom. The lowest BCUT2D eigenvalue weighted by atomic mass is 9.71. The summed E-state index contributed by atoms with van der Waals surface area (Å²) >= 11 is 6.01. The van der Waals surface area contributed by atoms with Crippen LogP contribution in [0.3, 0.4) is 0 Å². The largest absolute Gasteiger partial charge is 0.321 e. The molecule has 1 aromatic carbocycles. The van der Waals surface area contributed by atoms with Gasteiger partial charge in [-0.25, -0.2) is 4.39 Å². The molecule has 15 heavy (non-hydrogen) atoms. The number of hydrogen-bond acceptors (Lipinski definition) is 1. The lowest BCUT2D eigenvalue weighted by Crippen LogP contribution is -2.44. The molecule has 0 saturated heterocycles. The van der Waals surface area contributed by atoms with Gasteiger partial charge in [0.2, 0.25) is 0 Å². The predicted octanol–water partition coefficient (Wildman–Crippen LogP) is 3.43. The van der Waals surface area contributed by atoms with Crippen molar-refractivity contribution in [1.82, 2.24) is 0 Å². The number of benzene rings is 1. The molecule has 2 rings (SSSR count). The van der Waals surface area contributed by atoms with Crippen molar-refractivity contribution >= 4 is 11.6 Å². The van der Waals surface area contributed by atoms with Crippen LogP contribution >= 0.6 is 11.6 Å². The van der Waals surface area contributed by atoms with Crippen LogP contribution in [-0.2, 0) is 5.54 Å². The van der Waals surface area contributed by atoms with Gasteiger partial charge in [0.05, 0.1) is 5.02 Å². The van der Waals surface area contributed by atoms with Crippen LogP contribution in [0, 0.1) is 19.7 Å². The molecule has 82 valence electrons. The van der Waals surface area contributed by atoms with Gasteiger partial charge in [0.1, 0.15) is 5.82 Å². The second-order valence-electron chi connectivity index (χ2n) is 4.50. The minimum atomic E-state index is -0.395. The van der Waals surface area contributed by atoms with E-state index < -0.39 is 5.54 Å². The monoisotopic (exact) mass is 227 g/mol. The van der Waals surface area contributed by atoms with Crippen molar-refractivity contribution in [2.45, 2.75) is 38.6 Å². The summed E-state index contributed by atoms with van der Waals surface area (Å²) in [5.74, 6) is -0.355. The van der Waals surface area contributed by atoms with Crippen LogP contribution in [0.15, 0.2) is 6.07 Å². The summed E-state index contributed by atoms with van der Waals surface area (Å²) in [6, 6.07) is 1.48. The molecule has 0 amide bonds. The van der Waals surface area contributed by atoms with Crippen molar-refractivity contribution < 1.29 is 4.39 Å². The summed E-state index contributed by atoms with van der Waals surface area (Å²) in [4.78, 5) is 0. The van der Waals surface area contributed by atoms with Crippen LogP contribution in [0.1, 0.15) is 36.0 Å². The Morgan fingerprint density at radius 3 is 2.47 bits per heavy atom. The van der Waals surface area contributed by atoms with Crippen molar-refractivity contribution in [2.75, 3.05) is 0 Å². The zero-order chi connectivity index (χ0) is 11.2. The Balaban J connectivity index is 2.63. The quantitative estimate of drug-likeness (QED) is 0.782. The normalized spacial score (nSPS) is 18.7. The molecular formula is C12H15ClFN. The van der Waals surface area contributed by atoms with Crippen LogP contribution in [0.4, 0.5) is 4.39 Å². The van der Waals surface area contributed by atoms with Gasteiger partial charge in [-0.3, -0.25) is 0 Å². The van der Waals surface area contributed by atoms with Crippen LogP contribution in [0.5, 0.6) is 0 Å². The first-order valence-corrected chi connectivity index (χ1v) is 5.58. The van der Waals surface area contributed by atoms with E-state index in [0.29, 0.717) is 0 Å². The maximum absolute atomic E-state index is 13.5. The van der Waals surface area contributed by atoms with E-state index in [0.717, 1.165) is 36.0 Å². The van der Waals surface area contributed by atoms with Gasteiger partial charge in [0.25, 0.3) is 0 Å². The molecule has 1 aliphatic rings. The summed E-state index contributed by atoms with van der Waals surface area (Å²) in [7, 11) is 0. The lowest BCUT2D eigenvalue weighted by molar-refractivity contribution is 0.251. The average Bonchev–Trinajstić information content (AvgIpc) is 2.12. The fourth-order valence-corrected chi connectivity index (χ4v) is 2.63. The second-order valence-corrected chi connectivity index (χ2v) is 4.88. The molecule has 1 aliphatic carbocycles. The van der Waals surface area contributed by atoms with E-state index in [2.05, 4.69) is 0 Å². The zero-order valence-corrected chi connectivity index (χ0v) is 9.79. The third kappa shape index (κ3) is 1.56. The molecule has 1 nitrogen and oxygen atoms in total. The fraction of sp³-hybridized carbons (Fsp3) is 0.500. The highest BCUT2D eigenvalue weighted by molar-refractivity contribution is 6.31. The number of nitrogens with two attached hydrogens (primary N) is 1. The smallest absolute Gasteiger partial charge is 0.142 e. The Labute approximate surface area is 94.4 Å². The van der Waals surface area contributed by atoms with Crippen molar-refractivity contribution in [2.24, 2.45) is 5.73 Å². The zero-order valence-electron chi connectivity index (χ0n) is 9.03. The van der Waals surface area contributed by atoms with E-state index in [9.17, 15) is 4.39 Å². The third-order valence-corrected chi connectivity index (χ3v) is 3.85. The van der Waals surface area contributed by atoms with E-state index >= 15 is 0 Å². The minimum Gasteiger partial charge on any atom is -0.321 e. The molecule has 1 aromatic rings. The molecule has 0 heterocycles. The first-order valence-electron chi connectivity index (χ1n) is 5.20. The van der Waals surface area contributed by atoms with Crippen LogP contribution < -0.4 is 5.73 Å². The van der Waals surface area contributed by atoms with Crippen LogP contribution in [0.25, 0.3) is 0 Å². The summed E-state index contributed by atoms with van der Waals surface area (Å²) in [5, 5.41) is 0.209. The van der Waals surface area contributed by atoms with E-state index in [1.807, 2.05) is 13.8 Å². The van der Waals surface area contributed by atoms with E-state index in [1.165, 1.54) is 6.07 Å². The molecule has 3 heteroatoms. The van der Waals surface area contributed by atoms with Gasteiger partial charge >= 0.3 is 0 Å². The van der Waals surface area contributed by atoms with Gasteiger partial charge < -0.3 is 5.73 Å². The van der Waals surface area contributed by atoms with Crippen molar-refractivity contribution in [3.63, 3.8) is 0 Å². The molecule has 0 radical (unpaired) electrons. The van der Waals surface area contributed by atoms with E-state index in [-0.39, 0.29) is 10.8 Å². The highest BCUT2D eigenvalue weighted by atomic mass is 35.5. The Bertz CT molecular complexity index is 384. The number of hydrogen-bond donors (Lipinski definition) is 1. The maximum atomic E-state index is 13.5. The SMILES string of the molecule is Cc1cc(F)c(Cl)c(C2(N)CCC2)c1C. The molecule has 0 atom stereocenters. The first kappa shape index (κ1) is 10.9. The molecule has 0 unspecified atom stereocenters. The molecule has 0 bridgehead atoms. The number of rotatable bonds is 1. The summed E-state index contributed by atoms with van der Waals surface area (Å²) in [6.07, 6.45) is 2.90. The molecule has 1 fully saturated rings. The molecule has 0 spiro atoms. The lowest BCUT2D eigenvalue weighted by Gasteiger charge is -2.40. The van der Waals surface area contributed by atoms with Gasteiger partial charge in [-0.2, -0.15) is 0 Å². The number of halogens is 2. The van der Waals surface area contributed by atoms with Gasteiger partial charge in [0.15, 0.2) is 0 Å². The van der Waals surface area contributed by atoms with Gasteiger partial charge in [-0.1, -0.05) is 11.6 Å². The molecule has 1 saturated carbocycles. The van der Waals surface area contributed by atoms with Gasteiger partial charge in [0, 0.05) is 5.54 Å². The van der Waals surface area contributed by atoms with Crippen molar-refractivity contribution in [1.29, 1.82) is 0 Å². The molecular weight excluding hydrogens is 213 g/mol. The molecule has 0 aliphatic heterocycles. The molecule has 0 aromatic heterocycles. The summed E-state index contributed by atoms with van der Waals surface area (Å²) in [6.45, 7) is 3.85. The van der Waals surface area contributed by atoms with E-state index in [1.54, 1.807) is 0 Å². The van der Waals surface area contributed by atoms with Crippen LogP contribution in [0.2, 0.25) is 5.02 Å². The molecule has 2 N–H and O–H groups in total. The predicted molar refractivity (Wildman–Crippen MR) is 60.6 cm³/mol. The van der Waals surface area contributed by atoms with Crippen molar-refractivity contribution in [3.05, 3.63) is 33.6 Å². The maximum Gasteiger partial charge on any atom is 0.142 e. The highest BCUT2D eigenvalue weighted by Crippen LogP contribution is 2.44. The van der Waals surface area contributed by atoms with E-state index in [4.69, 9.17) is 17.3 Å². The second kappa shape index (κ2) is 3.46. The highest BCUT2D eigenvalue weighted by Gasteiger charge is 2.38. The number of aryl methyl sites for hydroxylation is 1. The topological polar surface area (TPSA) is 26.0 Å². The minimum absolute atomic E-state index is 0.209. The first-order chi connectivity index (χ1) is 6.96. The van der Waals surface area contributed by atoms with Gasteiger partial charge in [-0.05, 0) is 55.9 Å².